The predicted octanol–water partition coefficient (Wildman–Crippen LogP) is 4.84. The van der Waals surface area contributed by atoms with Gasteiger partial charge in [0.25, 0.3) is 0 Å². The Bertz CT molecular complexity index is 631. The van der Waals surface area contributed by atoms with Crippen molar-refractivity contribution in [1.29, 1.82) is 0 Å². The van der Waals surface area contributed by atoms with E-state index in [1.165, 1.54) is 0 Å². The summed E-state index contributed by atoms with van der Waals surface area (Å²) in [6, 6.07) is 9.64. The van der Waals surface area contributed by atoms with Gasteiger partial charge in [0.1, 0.15) is 10.3 Å². The molecule has 2 heterocycles. The van der Waals surface area contributed by atoms with E-state index in [0.717, 1.165) is 34.1 Å². The van der Waals surface area contributed by atoms with E-state index < -0.39 is 0 Å². The Kier molecular flexibility index (Phi) is 4.78. The first-order valence-electron chi connectivity index (χ1n) is 6.55. The zero-order valence-corrected chi connectivity index (χ0v) is 13.5. The summed E-state index contributed by atoms with van der Waals surface area (Å²) in [7, 11) is 0. The molecule has 0 aliphatic carbocycles. The van der Waals surface area contributed by atoms with Gasteiger partial charge in [-0.05, 0) is 35.9 Å². The lowest BCUT2D eigenvalue weighted by molar-refractivity contribution is 0.297. The van der Waals surface area contributed by atoms with Crippen LogP contribution in [0.15, 0.2) is 35.2 Å². The highest BCUT2D eigenvalue weighted by Crippen LogP contribution is 2.35. The van der Waals surface area contributed by atoms with Crippen molar-refractivity contribution in [2.45, 2.75) is 17.1 Å². The standard InChI is InChI=1S/C15H13Cl2NO2S/c16-14-6-10(7-15(17)18-14)9-21-11-2-3-12-13(8-11)20-5-1-4-19-12/h2-3,6-8H,1,4-5,9H2. The minimum Gasteiger partial charge on any atom is -0.490 e. The van der Waals surface area contributed by atoms with Crippen LogP contribution in [0.2, 0.25) is 10.3 Å². The number of ether oxygens (including phenoxy) is 2. The fourth-order valence-electron chi connectivity index (χ4n) is 2.00. The normalized spacial score (nSPS) is 13.8. The Morgan fingerprint density at radius 1 is 1.00 bits per heavy atom. The van der Waals surface area contributed by atoms with E-state index in [0.29, 0.717) is 23.5 Å². The molecule has 3 nitrogen and oxygen atoms in total. The molecule has 1 aliphatic heterocycles. The average molecular weight is 342 g/mol. The maximum absolute atomic E-state index is 5.90. The Hall–Kier alpha value is -1.10. The number of fused-ring (bicyclic) bond motifs is 1. The first-order valence-corrected chi connectivity index (χ1v) is 8.29. The number of hydrogen-bond acceptors (Lipinski definition) is 4. The molecule has 0 N–H and O–H groups in total. The molecule has 0 fully saturated rings. The van der Waals surface area contributed by atoms with Crippen molar-refractivity contribution in [3.63, 3.8) is 0 Å². The molecule has 0 atom stereocenters. The van der Waals surface area contributed by atoms with Crippen LogP contribution in [0.1, 0.15) is 12.0 Å². The summed E-state index contributed by atoms with van der Waals surface area (Å²) >= 11 is 13.5. The van der Waals surface area contributed by atoms with Gasteiger partial charge in [0, 0.05) is 17.1 Å². The lowest BCUT2D eigenvalue weighted by Crippen LogP contribution is -1.97. The van der Waals surface area contributed by atoms with Gasteiger partial charge in [-0.25, -0.2) is 4.98 Å². The molecule has 0 saturated carbocycles. The summed E-state index contributed by atoms with van der Waals surface area (Å²) in [6.07, 6.45) is 0.908. The summed E-state index contributed by atoms with van der Waals surface area (Å²) in [4.78, 5) is 5.06. The summed E-state index contributed by atoms with van der Waals surface area (Å²) < 4.78 is 11.3. The highest BCUT2D eigenvalue weighted by atomic mass is 35.5. The number of pyridine rings is 1. The van der Waals surface area contributed by atoms with E-state index in [4.69, 9.17) is 32.7 Å². The van der Waals surface area contributed by atoms with Gasteiger partial charge in [-0.3, -0.25) is 0 Å². The number of hydrogen-bond donors (Lipinski definition) is 0. The van der Waals surface area contributed by atoms with Crippen molar-refractivity contribution in [2.24, 2.45) is 0 Å². The van der Waals surface area contributed by atoms with Crippen molar-refractivity contribution in [2.75, 3.05) is 13.2 Å². The second kappa shape index (κ2) is 6.77. The molecular weight excluding hydrogens is 329 g/mol. The molecule has 0 spiro atoms. The van der Waals surface area contributed by atoms with E-state index in [2.05, 4.69) is 4.98 Å². The van der Waals surface area contributed by atoms with E-state index in [9.17, 15) is 0 Å². The average Bonchev–Trinajstić information content (AvgIpc) is 2.68. The topological polar surface area (TPSA) is 31.4 Å². The molecule has 2 aromatic rings. The number of rotatable bonds is 3. The zero-order chi connectivity index (χ0) is 14.7. The Balaban J connectivity index is 1.71. The third-order valence-electron chi connectivity index (χ3n) is 2.95. The number of nitrogens with zero attached hydrogens (tertiary/aromatic N) is 1. The third kappa shape index (κ3) is 3.96. The fourth-order valence-corrected chi connectivity index (χ4v) is 3.36. The summed E-state index contributed by atoms with van der Waals surface area (Å²) in [6.45, 7) is 1.39. The summed E-state index contributed by atoms with van der Waals surface area (Å²) in [5.74, 6) is 2.39. The van der Waals surface area contributed by atoms with Crippen LogP contribution in [0.3, 0.4) is 0 Å². The fraction of sp³-hybridized carbons (Fsp3) is 0.267. The SMILES string of the molecule is Clc1cc(CSc2ccc3c(c2)OCCCO3)cc(Cl)n1. The molecular formula is C15H13Cl2NO2S. The number of thioether (sulfide) groups is 1. The second-order valence-electron chi connectivity index (χ2n) is 4.57. The van der Waals surface area contributed by atoms with Crippen molar-refractivity contribution >= 4 is 35.0 Å². The maximum Gasteiger partial charge on any atom is 0.162 e. The van der Waals surface area contributed by atoms with E-state index in [-0.39, 0.29) is 0 Å². The quantitative estimate of drug-likeness (QED) is 0.590. The molecule has 1 aromatic heterocycles. The maximum atomic E-state index is 5.90. The van der Waals surface area contributed by atoms with Crippen LogP contribution in [0.25, 0.3) is 0 Å². The zero-order valence-electron chi connectivity index (χ0n) is 11.1. The van der Waals surface area contributed by atoms with Gasteiger partial charge in [0.15, 0.2) is 11.5 Å². The van der Waals surface area contributed by atoms with Gasteiger partial charge < -0.3 is 9.47 Å². The van der Waals surface area contributed by atoms with Gasteiger partial charge in [-0.1, -0.05) is 23.2 Å². The van der Waals surface area contributed by atoms with Gasteiger partial charge in [0.05, 0.1) is 13.2 Å². The number of halogens is 2. The molecule has 0 amide bonds. The van der Waals surface area contributed by atoms with Gasteiger partial charge in [0.2, 0.25) is 0 Å². The Morgan fingerprint density at radius 3 is 2.48 bits per heavy atom. The highest BCUT2D eigenvalue weighted by molar-refractivity contribution is 7.98. The Labute approximate surface area is 137 Å². The van der Waals surface area contributed by atoms with E-state index in [1.807, 2.05) is 30.3 Å². The Morgan fingerprint density at radius 2 is 1.71 bits per heavy atom. The minimum atomic E-state index is 0.414. The van der Waals surface area contributed by atoms with Crippen LogP contribution in [-0.4, -0.2) is 18.2 Å². The van der Waals surface area contributed by atoms with Crippen LogP contribution >= 0.6 is 35.0 Å². The molecule has 110 valence electrons. The van der Waals surface area contributed by atoms with Gasteiger partial charge >= 0.3 is 0 Å². The van der Waals surface area contributed by atoms with Crippen LogP contribution < -0.4 is 9.47 Å². The summed E-state index contributed by atoms with van der Waals surface area (Å²) in [5.41, 5.74) is 1.04. The van der Waals surface area contributed by atoms with Gasteiger partial charge in [-0.2, -0.15) is 0 Å². The van der Waals surface area contributed by atoms with Crippen molar-refractivity contribution in [3.05, 3.63) is 46.2 Å². The van der Waals surface area contributed by atoms with Crippen molar-refractivity contribution in [1.82, 2.24) is 4.98 Å². The van der Waals surface area contributed by atoms with Crippen molar-refractivity contribution < 1.29 is 9.47 Å². The molecule has 0 bridgehead atoms. The van der Waals surface area contributed by atoms with Crippen molar-refractivity contribution in [3.8, 4) is 11.5 Å². The summed E-state index contributed by atoms with van der Waals surface area (Å²) in [5, 5.41) is 0.827. The predicted molar refractivity (Wildman–Crippen MR) is 85.9 cm³/mol. The molecule has 0 radical (unpaired) electrons. The first-order chi connectivity index (χ1) is 10.2. The second-order valence-corrected chi connectivity index (χ2v) is 6.39. The highest BCUT2D eigenvalue weighted by Gasteiger charge is 2.11. The molecule has 0 unspecified atom stereocenters. The van der Waals surface area contributed by atoms with Crippen LogP contribution in [0, 0.1) is 0 Å². The van der Waals surface area contributed by atoms with Crippen LogP contribution in [-0.2, 0) is 5.75 Å². The third-order valence-corrected chi connectivity index (χ3v) is 4.40. The van der Waals surface area contributed by atoms with E-state index >= 15 is 0 Å². The van der Waals surface area contributed by atoms with Crippen LogP contribution in [0.5, 0.6) is 11.5 Å². The van der Waals surface area contributed by atoms with Crippen LogP contribution in [0.4, 0.5) is 0 Å². The largest absolute Gasteiger partial charge is 0.490 e. The molecule has 1 aliphatic rings. The monoisotopic (exact) mass is 341 g/mol. The lowest BCUT2D eigenvalue weighted by Gasteiger charge is -2.09. The molecule has 6 heteroatoms. The van der Waals surface area contributed by atoms with E-state index in [1.54, 1.807) is 11.8 Å². The lowest BCUT2D eigenvalue weighted by atomic mass is 10.3. The number of aromatic nitrogens is 1. The molecule has 0 saturated heterocycles. The molecule has 1 aromatic carbocycles. The number of benzene rings is 1. The smallest absolute Gasteiger partial charge is 0.162 e. The molecule has 21 heavy (non-hydrogen) atoms. The van der Waals surface area contributed by atoms with Gasteiger partial charge in [-0.15, -0.1) is 11.8 Å². The minimum absolute atomic E-state index is 0.414. The molecule has 3 rings (SSSR count). The first kappa shape index (κ1) is 14.8.